The third-order valence-corrected chi connectivity index (χ3v) is 6.48. The van der Waals surface area contributed by atoms with E-state index in [-0.39, 0.29) is 5.02 Å². The molecule has 0 spiro atoms. The molecule has 0 radical (unpaired) electrons. The molecule has 0 atom stereocenters. The van der Waals surface area contributed by atoms with Gasteiger partial charge >= 0.3 is 6.18 Å². The molecule has 0 bridgehead atoms. The molecule has 10 heteroatoms. The second-order valence-corrected chi connectivity index (χ2v) is 8.62. The van der Waals surface area contributed by atoms with Crippen LogP contribution in [-0.2, 0) is 21.0 Å². The largest absolute Gasteiger partial charge is 0.416 e. The monoisotopic (exact) mass is 434 g/mol. The number of nitrogens with one attached hydrogen (secondary N) is 1. The standard InChI is InChI=1S/C18H18ClF3N2O3S/c1-11-5-4-6-15(12(11)2)23-17(25)10-24(3)28(26,27)16-9-13(18(20,21)22)7-8-14(16)19/h4-9H,10H2,1-3H3,(H,23,25). The lowest BCUT2D eigenvalue weighted by Gasteiger charge is -2.19. The van der Waals surface area contributed by atoms with E-state index in [1.807, 2.05) is 13.0 Å². The molecule has 2 aromatic rings. The van der Waals surface area contributed by atoms with Gasteiger partial charge in [-0.15, -0.1) is 0 Å². The fraction of sp³-hybridized carbons (Fsp3) is 0.278. The van der Waals surface area contributed by atoms with Gasteiger partial charge in [0.25, 0.3) is 0 Å². The normalized spacial score (nSPS) is 12.3. The molecule has 2 aromatic carbocycles. The Hall–Kier alpha value is -2.10. The molecule has 0 unspecified atom stereocenters. The van der Waals surface area contributed by atoms with Crippen LogP contribution in [0.1, 0.15) is 16.7 Å². The van der Waals surface area contributed by atoms with Crippen LogP contribution >= 0.6 is 11.6 Å². The van der Waals surface area contributed by atoms with Crippen molar-refractivity contribution in [2.75, 3.05) is 18.9 Å². The van der Waals surface area contributed by atoms with E-state index in [4.69, 9.17) is 11.6 Å². The first kappa shape index (κ1) is 22.2. The number of alkyl halides is 3. The van der Waals surface area contributed by atoms with Crippen molar-refractivity contribution in [3.8, 4) is 0 Å². The summed E-state index contributed by atoms with van der Waals surface area (Å²) in [4.78, 5) is 11.5. The zero-order valence-electron chi connectivity index (χ0n) is 15.3. The van der Waals surface area contributed by atoms with Gasteiger partial charge < -0.3 is 5.32 Å². The van der Waals surface area contributed by atoms with Crippen LogP contribution < -0.4 is 5.32 Å². The highest BCUT2D eigenvalue weighted by Gasteiger charge is 2.34. The summed E-state index contributed by atoms with van der Waals surface area (Å²) in [5.74, 6) is -0.636. The van der Waals surface area contributed by atoms with E-state index in [9.17, 15) is 26.4 Å². The van der Waals surface area contributed by atoms with Gasteiger partial charge in [0.2, 0.25) is 15.9 Å². The van der Waals surface area contributed by atoms with Gasteiger partial charge in [0.05, 0.1) is 17.1 Å². The SMILES string of the molecule is Cc1cccc(NC(=O)CN(C)S(=O)(=O)c2cc(C(F)(F)F)ccc2Cl)c1C. The Morgan fingerprint density at radius 2 is 1.82 bits per heavy atom. The quantitative estimate of drug-likeness (QED) is 0.765. The Balaban J connectivity index is 2.24. The molecule has 2 rings (SSSR count). The van der Waals surface area contributed by atoms with E-state index in [1.54, 1.807) is 19.1 Å². The molecule has 28 heavy (non-hydrogen) atoms. The van der Waals surface area contributed by atoms with Crippen molar-refractivity contribution in [2.45, 2.75) is 24.9 Å². The summed E-state index contributed by atoms with van der Waals surface area (Å²) in [5, 5.41) is 2.23. The molecule has 0 aliphatic rings. The number of anilines is 1. The smallest absolute Gasteiger partial charge is 0.325 e. The molecule has 0 aliphatic heterocycles. The van der Waals surface area contributed by atoms with Crippen LogP contribution in [0.4, 0.5) is 18.9 Å². The lowest BCUT2D eigenvalue weighted by molar-refractivity contribution is -0.137. The van der Waals surface area contributed by atoms with Crippen LogP contribution in [0.15, 0.2) is 41.3 Å². The number of hydrogen-bond donors (Lipinski definition) is 1. The Morgan fingerprint density at radius 3 is 2.43 bits per heavy atom. The molecule has 0 saturated carbocycles. The topological polar surface area (TPSA) is 66.5 Å². The van der Waals surface area contributed by atoms with Crippen LogP contribution in [0.2, 0.25) is 5.02 Å². The molecule has 1 amide bonds. The van der Waals surface area contributed by atoms with Crippen molar-refractivity contribution in [1.82, 2.24) is 4.31 Å². The second kappa shape index (κ2) is 8.10. The Labute approximate surface area is 166 Å². The highest BCUT2D eigenvalue weighted by atomic mass is 35.5. The number of rotatable bonds is 5. The van der Waals surface area contributed by atoms with Gasteiger partial charge in [-0.05, 0) is 49.2 Å². The number of sulfonamides is 1. The summed E-state index contributed by atoms with van der Waals surface area (Å²) in [6, 6.07) is 7.27. The zero-order chi connectivity index (χ0) is 21.3. The van der Waals surface area contributed by atoms with E-state index < -0.39 is 39.1 Å². The lowest BCUT2D eigenvalue weighted by Crippen LogP contribution is -2.35. The molecular weight excluding hydrogens is 417 g/mol. The predicted molar refractivity (Wildman–Crippen MR) is 101 cm³/mol. The molecule has 1 N–H and O–H groups in total. The molecule has 0 saturated heterocycles. The highest BCUT2D eigenvalue weighted by molar-refractivity contribution is 7.89. The zero-order valence-corrected chi connectivity index (χ0v) is 16.8. The fourth-order valence-electron chi connectivity index (χ4n) is 2.41. The molecule has 0 heterocycles. The number of aryl methyl sites for hydroxylation is 1. The maximum absolute atomic E-state index is 12.9. The van der Waals surface area contributed by atoms with Crippen molar-refractivity contribution in [3.05, 3.63) is 58.1 Å². The van der Waals surface area contributed by atoms with Crippen LogP contribution in [0.3, 0.4) is 0 Å². The van der Waals surface area contributed by atoms with Crippen LogP contribution in [-0.4, -0.2) is 32.2 Å². The van der Waals surface area contributed by atoms with E-state index in [0.717, 1.165) is 24.2 Å². The average molecular weight is 435 g/mol. The van der Waals surface area contributed by atoms with Gasteiger partial charge in [-0.25, -0.2) is 8.42 Å². The minimum Gasteiger partial charge on any atom is -0.325 e. The van der Waals surface area contributed by atoms with E-state index in [1.165, 1.54) is 0 Å². The first-order chi connectivity index (χ1) is 12.8. The summed E-state index contributed by atoms with van der Waals surface area (Å²) < 4.78 is 64.6. The minimum atomic E-state index is -4.73. The molecular formula is C18H18ClF3N2O3S. The lowest BCUT2D eigenvalue weighted by atomic mass is 10.1. The minimum absolute atomic E-state index is 0.366. The maximum Gasteiger partial charge on any atom is 0.416 e. The number of likely N-dealkylation sites (N-methyl/N-ethyl adjacent to an activating group) is 1. The first-order valence-corrected chi connectivity index (χ1v) is 9.85. The van der Waals surface area contributed by atoms with E-state index in [2.05, 4.69) is 5.32 Å². The number of hydrogen-bond acceptors (Lipinski definition) is 3. The Bertz CT molecular complexity index is 1010. The summed E-state index contributed by atoms with van der Waals surface area (Å²) in [7, 11) is -3.33. The van der Waals surface area contributed by atoms with Gasteiger partial charge in [-0.2, -0.15) is 17.5 Å². The Morgan fingerprint density at radius 1 is 1.18 bits per heavy atom. The van der Waals surface area contributed by atoms with Crippen molar-refractivity contribution < 1.29 is 26.4 Å². The van der Waals surface area contributed by atoms with Gasteiger partial charge in [-0.3, -0.25) is 4.79 Å². The third-order valence-electron chi connectivity index (χ3n) is 4.19. The van der Waals surface area contributed by atoms with Gasteiger partial charge in [0.15, 0.2) is 0 Å². The predicted octanol–water partition coefficient (Wildman–Crippen LogP) is 4.23. The van der Waals surface area contributed by atoms with Crippen molar-refractivity contribution in [1.29, 1.82) is 0 Å². The van der Waals surface area contributed by atoms with Gasteiger partial charge in [0, 0.05) is 12.7 Å². The molecule has 5 nitrogen and oxygen atoms in total. The second-order valence-electron chi connectivity index (χ2n) is 6.20. The average Bonchev–Trinajstić information content (AvgIpc) is 2.58. The number of amides is 1. The number of halogens is 4. The Kier molecular flexibility index (Phi) is 6.42. The van der Waals surface area contributed by atoms with E-state index >= 15 is 0 Å². The maximum atomic E-state index is 12.9. The number of carbonyl (C=O) groups is 1. The highest BCUT2D eigenvalue weighted by Crippen LogP contribution is 2.34. The van der Waals surface area contributed by atoms with Crippen LogP contribution in [0.5, 0.6) is 0 Å². The molecule has 0 aromatic heterocycles. The van der Waals surface area contributed by atoms with Gasteiger partial charge in [-0.1, -0.05) is 23.7 Å². The first-order valence-electron chi connectivity index (χ1n) is 8.03. The van der Waals surface area contributed by atoms with Crippen molar-refractivity contribution >= 4 is 33.2 Å². The van der Waals surface area contributed by atoms with Crippen molar-refractivity contribution in [2.24, 2.45) is 0 Å². The summed E-state index contributed by atoms with van der Waals surface area (Å²) in [6.45, 7) is 3.06. The number of benzene rings is 2. The van der Waals surface area contributed by atoms with Crippen LogP contribution in [0.25, 0.3) is 0 Å². The van der Waals surface area contributed by atoms with Crippen molar-refractivity contribution in [3.63, 3.8) is 0 Å². The van der Waals surface area contributed by atoms with E-state index in [0.29, 0.717) is 22.1 Å². The number of nitrogens with zero attached hydrogens (tertiary/aromatic N) is 1. The number of carbonyl (C=O) groups excluding carboxylic acids is 1. The molecule has 152 valence electrons. The third kappa shape index (κ3) is 4.84. The van der Waals surface area contributed by atoms with Gasteiger partial charge in [0.1, 0.15) is 4.90 Å². The summed E-state index contributed by atoms with van der Waals surface area (Å²) in [5.41, 5.74) is 1.13. The molecule has 0 fully saturated rings. The summed E-state index contributed by atoms with van der Waals surface area (Å²) >= 11 is 5.81. The summed E-state index contributed by atoms with van der Waals surface area (Å²) in [6.07, 6.45) is -4.73. The van der Waals surface area contributed by atoms with Crippen LogP contribution in [0, 0.1) is 13.8 Å². The fourth-order valence-corrected chi connectivity index (χ4v) is 4.03. The molecule has 0 aliphatic carbocycles.